The molecule has 1 aliphatic carbocycles. The highest BCUT2D eigenvalue weighted by Gasteiger charge is 2.47. The van der Waals surface area contributed by atoms with Crippen LogP contribution in [0.1, 0.15) is 116 Å². The van der Waals surface area contributed by atoms with Gasteiger partial charge in [0.25, 0.3) is 5.56 Å². The molecule has 4 saturated heterocycles. The van der Waals surface area contributed by atoms with E-state index < -0.39 is 11.8 Å². The Morgan fingerprint density at radius 3 is 2.24 bits per heavy atom. The van der Waals surface area contributed by atoms with E-state index in [0.29, 0.717) is 73.2 Å². The average Bonchev–Trinajstić information content (AvgIpc) is 3.84. The summed E-state index contributed by atoms with van der Waals surface area (Å²) >= 11 is 1.28. The Bertz CT molecular complexity index is 3150. The zero-order chi connectivity index (χ0) is 56.4. The van der Waals surface area contributed by atoms with Crippen molar-refractivity contribution in [2.45, 2.75) is 105 Å². The third kappa shape index (κ3) is 13.0. The molecular formula is C56H72FN13O7S. The molecule has 4 aliphatic heterocycles. The topological polar surface area (TPSA) is 223 Å². The summed E-state index contributed by atoms with van der Waals surface area (Å²) in [4.78, 5) is 85.0. The van der Waals surface area contributed by atoms with E-state index in [-0.39, 0.29) is 64.3 Å². The van der Waals surface area contributed by atoms with Crippen molar-refractivity contribution in [3.05, 3.63) is 94.4 Å². The molecule has 0 bridgehead atoms. The number of aromatic nitrogens is 4. The number of amides is 7. The number of imide groups is 2. The van der Waals surface area contributed by atoms with E-state index in [0.717, 1.165) is 69.1 Å². The van der Waals surface area contributed by atoms with E-state index in [9.17, 15) is 34.0 Å². The Kier molecular flexibility index (Phi) is 19.3. The first kappa shape index (κ1) is 58.3. The fraction of sp³-hybridized carbons (Fsp3) is 0.482. The number of nitrogens with one attached hydrogen (secondary N) is 3. The number of anilines is 2. The molecule has 0 atom stereocenters. The number of hydrogen-bond donors (Lipinski definition) is 3. The molecule has 1 spiro atoms. The Labute approximate surface area is 459 Å². The molecule has 10 rings (SSSR count). The summed E-state index contributed by atoms with van der Waals surface area (Å²) in [6.45, 7) is 20.3. The summed E-state index contributed by atoms with van der Waals surface area (Å²) in [5.74, 6) is -0.121. The number of aryl methyl sites for hydroxylation is 1. The first-order valence-electron chi connectivity index (χ1n) is 26.9. The number of urea groups is 2. The second kappa shape index (κ2) is 25.9. The van der Waals surface area contributed by atoms with Crippen LogP contribution in [0.4, 0.5) is 25.5 Å². The highest BCUT2D eigenvalue weighted by Crippen LogP contribution is 2.54. The number of piperidine rings is 2. The van der Waals surface area contributed by atoms with E-state index >= 15 is 4.39 Å². The van der Waals surface area contributed by atoms with Crippen LogP contribution in [-0.2, 0) is 21.4 Å². The van der Waals surface area contributed by atoms with E-state index in [1.807, 2.05) is 64.0 Å². The molecular weight excluding hydrogens is 1020 g/mol. The van der Waals surface area contributed by atoms with Crippen molar-refractivity contribution in [1.82, 2.24) is 49.0 Å². The van der Waals surface area contributed by atoms with E-state index in [1.165, 1.54) is 39.6 Å². The van der Waals surface area contributed by atoms with Crippen LogP contribution in [0.5, 0.6) is 11.5 Å². The number of rotatable bonds is 12. The van der Waals surface area contributed by atoms with Crippen LogP contribution in [-0.4, -0.2) is 128 Å². The molecule has 3 aromatic carbocycles. The zero-order valence-corrected chi connectivity index (χ0v) is 46.8. The van der Waals surface area contributed by atoms with Gasteiger partial charge in [0.1, 0.15) is 17.4 Å². The monoisotopic (exact) mass is 1090 g/mol. The minimum Gasteiger partial charge on any atom is -0.453 e. The van der Waals surface area contributed by atoms with Gasteiger partial charge >= 0.3 is 12.1 Å². The van der Waals surface area contributed by atoms with Gasteiger partial charge < -0.3 is 14.4 Å². The molecule has 5 aliphatic rings. The highest BCUT2D eigenvalue weighted by atomic mass is 32.2. The normalized spacial score (nSPS) is 17.7. The van der Waals surface area contributed by atoms with Gasteiger partial charge in [-0.3, -0.25) is 53.8 Å². The smallest absolute Gasteiger partial charge is 0.329 e. The fourth-order valence-corrected chi connectivity index (χ4v) is 11.0. The Hall–Kier alpha value is -7.35. The van der Waals surface area contributed by atoms with Crippen LogP contribution in [0, 0.1) is 22.6 Å². The van der Waals surface area contributed by atoms with Gasteiger partial charge in [-0.15, -0.1) is 0 Å². The second-order valence-electron chi connectivity index (χ2n) is 19.7. The third-order valence-electron chi connectivity index (χ3n) is 15.0. The Balaban J connectivity index is 0.000000517. The lowest BCUT2D eigenvalue weighted by Crippen LogP contribution is -2.52. The molecule has 20 nitrogen and oxygen atoms in total. The predicted octanol–water partition coefficient (Wildman–Crippen LogP) is 8.80. The SMILES string of the molecule is C=C(C)N1CCC(=O)NC1=O.CC.CC.CCN(C)SNc1ccc(F)c(Oc2ccc3ncn(C4CC5(CCN(C(=O)CN6CCC(c7ccc8c(N9CCC(=O)NC9=O)nn(C)c8c7)CC6)CC5)C4)c(=O)c3c2)c1C#N. The maximum absolute atomic E-state index is 15.1. The number of carbonyl (C=O) groups is 5. The van der Waals surface area contributed by atoms with Crippen molar-refractivity contribution in [3.8, 4) is 17.6 Å². The molecule has 5 fully saturated rings. The van der Waals surface area contributed by atoms with Crippen LogP contribution in [0.15, 0.2) is 71.9 Å². The molecule has 2 aromatic heterocycles. The van der Waals surface area contributed by atoms with Gasteiger partial charge in [0.2, 0.25) is 17.7 Å². The van der Waals surface area contributed by atoms with Crippen molar-refractivity contribution in [1.29, 1.82) is 5.26 Å². The second-order valence-corrected chi connectivity index (χ2v) is 20.8. The molecule has 0 unspecified atom stereocenters. The quantitative estimate of drug-likeness (QED) is 0.0994. The molecule has 7 amide bonds. The van der Waals surface area contributed by atoms with Crippen molar-refractivity contribution in [2.24, 2.45) is 12.5 Å². The number of nitriles is 1. The first-order chi connectivity index (χ1) is 37.5. The van der Waals surface area contributed by atoms with E-state index in [1.54, 1.807) is 40.7 Å². The number of halogens is 1. The molecule has 0 radical (unpaired) electrons. The maximum Gasteiger partial charge on any atom is 0.329 e. The van der Waals surface area contributed by atoms with Crippen molar-refractivity contribution in [2.75, 3.05) is 69.0 Å². The summed E-state index contributed by atoms with van der Waals surface area (Å²) in [5.41, 5.74) is 3.61. The molecule has 6 heterocycles. The number of hydrogen-bond acceptors (Lipinski definition) is 14. The van der Waals surface area contributed by atoms with Crippen LogP contribution < -0.4 is 30.6 Å². The van der Waals surface area contributed by atoms with Crippen LogP contribution in [0.25, 0.3) is 21.8 Å². The molecule has 78 heavy (non-hydrogen) atoms. The van der Waals surface area contributed by atoms with Crippen molar-refractivity contribution in [3.63, 3.8) is 0 Å². The van der Waals surface area contributed by atoms with Crippen LogP contribution >= 0.6 is 12.1 Å². The summed E-state index contributed by atoms with van der Waals surface area (Å²) in [5, 5.41) is 20.3. The lowest BCUT2D eigenvalue weighted by atomic mass is 9.60. The van der Waals surface area contributed by atoms with Crippen molar-refractivity contribution < 1.29 is 33.1 Å². The summed E-state index contributed by atoms with van der Waals surface area (Å²) < 4.78 is 29.5. The van der Waals surface area contributed by atoms with E-state index in [2.05, 4.69) is 55.1 Å². The summed E-state index contributed by atoms with van der Waals surface area (Å²) in [7, 11) is 3.76. The fourth-order valence-electron chi connectivity index (χ4n) is 10.5. The Morgan fingerprint density at radius 1 is 0.923 bits per heavy atom. The minimum absolute atomic E-state index is 0.0181. The van der Waals surface area contributed by atoms with Crippen molar-refractivity contribution >= 4 is 75.2 Å². The standard InChI is InChI=1S/C45H50FN11O5S.C7H10N2O2.2C2H6/c1-4-52(2)63-51-37-10-8-35(46)41(34(37)25-47)62-31-6-9-36-33(22-31)43(60)57(27-48-36)30-23-45(24-30)14-19-55(20-15-45)40(59)26-54-16-11-28(12-17-54)29-5-7-32-38(21-29)53(3)50-42(32)56-18-13-39(58)49-44(56)61;1-5(2)9-4-3-6(10)8-7(9)11;2*1-2/h5-10,21-22,27-28,30,51H,4,11-20,23-24,26H2,1-3H3,(H,49,58,61);1,3-4H2,2H3,(H,8,10,11);2*1-2H3. The lowest BCUT2D eigenvalue weighted by molar-refractivity contribution is -0.136. The Morgan fingerprint density at radius 2 is 1.60 bits per heavy atom. The van der Waals surface area contributed by atoms with Gasteiger partial charge in [-0.05, 0) is 125 Å². The number of ether oxygens (including phenoxy) is 1. The van der Waals surface area contributed by atoms with Gasteiger partial charge in [-0.1, -0.05) is 47.3 Å². The van der Waals surface area contributed by atoms with Gasteiger partial charge in [0.15, 0.2) is 17.4 Å². The summed E-state index contributed by atoms with van der Waals surface area (Å²) in [6.07, 6.45) is 7.50. The van der Waals surface area contributed by atoms with E-state index in [4.69, 9.17) is 4.74 Å². The number of benzene rings is 3. The average molecular weight is 1090 g/mol. The van der Waals surface area contributed by atoms with Crippen LogP contribution in [0.3, 0.4) is 0 Å². The number of allylic oxidation sites excluding steroid dienone is 1. The molecule has 5 aromatic rings. The molecule has 1 saturated carbocycles. The van der Waals surface area contributed by atoms with Gasteiger partial charge in [0.05, 0.1) is 35.0 Å². The van der Waals surface area contributed by atoms with Gasteiger partial charge in [-0.25, -0.2) is 23.3 Å². The zero-order valence-electron chi connectivity index (χ0n) is 46.0. The maximum atomic E-state index is 15.1. The first-order valence-corrected chi connectivity index (χ1v) is 27.7. The summed E-state index contributed by atoms with van der Waals surface area (Å²) in [6, 6.07) is 15.1. The highest BCUT2D eigenvalue weighted by molar-refractivity contribution is 7.98. The minimum atomic E-state index is -0.691. The molecule has 416 valence electrons. The number of likely N-dealkylation sites (tertiary alicyclic amines) is 2. The van der Waals surface area contributed by atoms with Gasteiger partial charge in [-0.2, -0.15) is 10.4 Å². The van der Waals surface area contributed by atoms with Gasteiger partial charge in [0, 0.05) is 81.9 Å². The lowest BCUT2D eigenvalue weighted by Gasteiger charge is -2.52. The largest absolute Gasteiger partial charge is 0.453 e. The molecule has 3 N–H and O–H groups in total. The number of fused-ring (bicyclic) bond motifs is 2. The third-order valence-corrected chi connectivity index (χ3v) is 15.8. The molecule has 22 heteroatoms. The predicted molar refractivity (Wildman–Crippen MR) is 300 cm³/mol. The number of nitrogens with zero attached hydrogens (tertiary/aromatic N) is 10. The van der Waals surface area contributed by atoms with Crippen LogP contribution in [0.2, 0.25) is 0 Å². The number of carbonyl (C=O) groups excluding carboxylic acids is 5.